The zero-order valence-corrected chi connectivity index (χ0v) is 13.2. The summed E-state index contributed by atoms with van der Waals surface area (Å²) in [5, 5.41) is 4.18. The van der Waals surface area contributed by atoms with Gasteiger partial charge in [0.1, 0.15) is 22.5 Å². The molecule has 1 aromatic heterocycles. The van der Waals surface area contributed by atoms with Gasteiger partial charge in [0.25, 0.3) is 0 Å². The molecule has 0 N–H and O–H groups in total. The minimum absolute atomic E-state index is 0.130. The number of nitrogens with zero attached hydrogens (tertiary/aromatic N) is 5. The quantitative estimate of drug-likeness (QED) is 0.451. The second kappa shape index (κ2) is 6.81. The maximum atomic E-state index is 13.3. The smallest absolute Gasteiger partial charge is 0.127 e. The average molecular weight is 323 g/mol. The molecule has 1 heterocycles. The Morgan fingerprint density at radius 3 is 2.50 bits per heavy atom. The van der Waals surface area contributed by atoms with E-state index in [0.717, 1.165) is 11.8 Å². The molecule has 0 amide bonds. The summed E-state index contributed by atoms with van der Waals surface area (Å²) < 4.78 is 28.5. The highest BCUT2D eigenvalue weighted by atomic mass is 32.2. The molecular weight excluding hydrogens is 308 g/mol. The Balaban J connectivity index is 2.42. The Labute approximate surface area is 131 Å². The first-order valence-electron chi connectivity index (χ1n) is 6.62. The van der Waals surface area contributed by atoms with Crippen LogP contribution in [-0.2, 0) is 13.6 Å². The lowest BCUT2D eigenvalue weighted by Crippen LogP contribution is -2.02. The molecule has 0 saturated carbocycles. The van der Waals surface area contributed by atoms with Crippen molar-refractivity contribution in [2.45, 2.75) is 36.2 Å². The van der Waals surface area contributed by atoms with Gasteiger partial charge in [-0.1, -0.05) is 30.7 Å². The maximum Gasteiger partial charge on any atom is 0.127 e. The maximum absolute atomic E-state index is 13.3. The van der Waals surface area contributed by atoms with Gasteiger partial charge in [0.2, 0.25) is 0 Å². The van der Waals surface area contributed by atoms with E-state index in [-0.39, 0.29) is 12.5 Å². The summed E-state index contributed by atoms with van der Waals surface area (Å²) in [6.07, 6.45) is 0. The van der Waals surface area contributed by atoms with Crippen molar-refractivity contribution in [3.63, 3.8) is 0 Å². The summed E-state index contributed by atoms with van der Waals surface area (Å²) in [5.74, 6) is -0.475. The van der Waals surface area contributed by atoms with Crippen LogP contribution in [-0.4, -0.2) is 9.55 Å². The third kappa shape index (κ3) is 3.58. The molecule has 0 saturated heterocycles. The molecule has 5 nitrogen and oxygen atoms in total. The molecule has 0 unspecified atom stereocenters. The normalized spacial score (nSPS) is 10.8. The molecule has 0 fully saturated rings. The molecule has 0 atom stereocenters. The van der Waals surface area contributed by atoms with E-state index in [9.17, 15) is 8.78 Å². The van der Waals surface area contributed by atoms with Crippen molar-refractivity contribution in [3.05, 3.63) is 51.8 Å². The van der Waals surface area contributed by atoms with Crippen LogP contribution in [0.1, 0.15) is 31.3 Å². The van der Waals surface area contributed by atoms with Crippen molar-refractivity contribution in [3.8, 4) is 0 Å². The molecule has 0 aliphatic rings. The number of hydrogen-bond acceptors (Lipinski definition) is 3. The number of benzene rings is 1. The van der Waals surface area contributed by atoms with Crippen LogP contribution in [0, 0.1) is 11.6 Å². The molecule has 1 aromatic carbocycles. The zero-order chi connectivity index (χ0) is 16.3. The minimum Gasteiger partial charge on any atom is -0.334 e. The Hall–Kier alpha value is -2.05. The lowest BCUT2D eigenvalue weighted by molar-refractivity contribution is 0.577. The first-order valence-corrected chi connectivity index (χ1v) is 7.44. The van der Waals surface area contributed by atoms with Crippen molar-refractivity contribution < 1.29 is 8.78 Å². The molecule has 0 aliphatic carbocycles. The number of hydrogen-bond donors (Lipinski definition) is 0. The highest BCUT2D eigenvalue weighted by molar-refractivity contribution is 7.99. The fourth-order valence-corrected chi connectivity index (χ4v) is 3.37. The van der Waals surface area contributed by atoms with Crippen molar-refractivity contribution in [1.82, 2.24) is 9.55 Å². The number of imidazole rings is 1. The molecule has 0 bridgehead atoms. The Bertz CT molecular complexity index is 715. The molecule has 0 radical (unpaired) electrons. The van der Waals surface area contributed by atoms with Gasteiger partial charge in [0.15, 0.2) is 0 Å². The third-order valence-electron chi connectivity index (χ3n) is 3.07. The summed E-state index contributed by atoms with van der Waals surface area (Å²) in [5.41, 5.74) is 9.36. The monoisotopic (exact) mass is 323 g/mol. The Morgan fingerprint density at radius 1 is 1.32 bits per heavy atom. The number of azide groups is 1. The molecule has 116 valence electrons. The van der Waals surface area contributed by atoms with Gasteiger partial charge in [-0.25, -0.2) is 13.8 Å². The van der Waals surface area contributed by atoms with Gasteiger partial charge >= 0.3 is 0 Å². The standard InChI is InChI=1S/C14H15F2N5S/c1-8(2)13-14(19-12(21(13)3)7-18-20-17)22-11-5-9(15)4-10(16)6-11/h4-6,8H,7H2,1-3H3. The molecule has 0 aliphatic heterocycles. The lowest BCUT2D eigenvalue weighted by atomic mass is 10.1. The van der Waals surface area contributed by atoms with E-state index in [2.05, 4.69) is 15.0 Å². The van der Waals surface area contributed by atoms with Crippen LogP contribution in [0.2, 0.25) is 0 Å². The van der Waals surface area contributed by atoms with Crippen molar-refractivity contribution in [1.29, 1.82) is 0 Å². The van der Waals surface area contributed by atoms with E-state index in [1.54, 1.807) is 0 Å². The summed E-state index contributed by atoms with van der Waals surface area (Å²) in [6, 6.07) is 3.36. The van der Waals surface area contributed by atoms with Crippen molar-refractivity contribution >= 4 is 11.8 Å². The SMILES string of the molecule is CC(C)c1c(Sc2cc(F)cc(F)c2)nc(CN=[N+]=[N-])n1C. The van der Waals surface area contributed by atoms with Crippen molar-refractivity contribution in [2.24, 2.45) is 12.2 Å². The predicted octanol–water partition coefficient (Wildman–Crippen LogP) is 4.78. The topological polar surface area (TPSA) is 66.6 Å². The number of aromatic nitrogens is 2. The van der Waals surface area contributed by atoms with E-state index < -0.39 is 11.6 Å². The molecular formula is C14H15F2N5S. The van der Waals surface area contributed by atoms with E-state index >= 15 is 0 Å². The van der Waals surface area contributed by atoms with E-state index in [1.165, 1.54) is 23.9 Å². The van der Waals surface area contributed by atoms with E-state index in [4.69, 9.17) is 5.53 Å². The van der Waals surface area contributed by atoms with Crippen LogP contribution in [0.4, 0.5) is 8.78 Å². The van der Waals surface area contributed by atoms with Crippen LogP contribution in [0.25, 0.3) is 10.4 Å². The second-order valence-electron chi connectivity index (χ2n) is 5.03. The van der Waals surface area contributed by atoms with Gasteiger partial charge in [-0.2, -0.15) is 0 Å². The van der Waals surface area contributed by atoms with Crippen LogP contribution >= 0.6 is 11.8 Å². The fourth-order valence-electron chi connectivity index (χ4n) is 2.18. The third-order valence-corrected chi connectivity index (χ3v) is 4.04. The Morgan fingerprint density at radius 2 is 1.95 bits per heavy atom. The molecule has 22 heavy (non-hydrogen) atoms. The summed E-state index contributed by atoms with van der Waals surface area (Å²) >= 11 is 1.19. The molecule has 0 spiro atoms. The van der Waals surface area contributed by atoms with Crippen LogP contribution in [0.5, 0.6) is 0 Å². The van der Waals surface area contributed by atoms with Crippen LogP contribution in [0.3, 0.4) is 0 Å². The number of rotatable bonds is 5. The highest BCUT2D eigenvalue weighted by Gasteiger charge is 2.18. The van der Waals surface area contributed by atoms with Gasteiger partial charge in [0, 0.05) is 22.9 Å². The van der Waals surface area contributed by atoms with Gasteiger partial charge < -0.3 is 4.57 Å². The highest BCUT2D eigenvalue weighted by Crippen LogP contribution is 2.34. The molecule has 8 heteroatoms. The number of halogens is 2. The van der Waals surface area contributed by atoms with Crippen LogP contribution in [0.15, 0.2) is 33.2 Å². The van der Waals surface area contributed by atoms with Gasteiger partial charge in [-0.05, 0) is 23.6 Å². The van der Waals surface area contributed by atoms with Crippen molar-refractivity contribution in [2.75, 3.05) is 0 Å². The van der Waals surface area contributed by atoms with Gasteiger partial charge in [-0.15, -0.1) is 0 Å². The van der Waals surface area contributed by atoms with Gasteiger partial charge in [-0.3, -0.25) is 0 Å². The largest absolute Gasteiger partial charge is 0.334 e. The fraction of sp³-hybridized carbons (Fsp3) is 0.357. The summed E-state index contributed by atoms with van der Waals surface area (Å²) in [4.78, 5) is 7.61. The van der Waals surface area contributed by atoms with E-state index in [1.807, 2.05) is 25.5 Å². The molecule has 2 rings (SSSR count). The average Bonchev–Trinajstić information content (AvgIpc) is 2.71. The zero-order valence-electron chi connectivity index (χ0n) is 12.4. The minimum atomic E-state index is -0.626. The Kier molecular flexibility index (Phi) is 5.05. The van der Waals surface area contributed by atoms with E-state index in [0.29, 0.717) is 15.7 Å². The summed E-state index contributed by atoms with van der Waals surface area (Å²) in [7, 11) is 1.83. The van der Waals surface area contributed by atoms with Gasteiger partial charge in [0.05, 0.1) is 12.2 Å². The summed E-state index contributed by atoms with van der Waals surface area (Å²) in [6.45, 7) is 4.14. The molecule has 2 aromatic rings. The first-order chi connectivity index (χ1) is 10.4. The first kappa shape index (κ1) is 16.3. The second-order valence-corrected chi connectivity index (χ2v) is 6.09. The lowest BCUT2D eigenvalue weighted by Gasteiger charge is -2.10. The van der Waals surface area contributed by atoms with Crippen LogP contribution < -0.4 is 0 Å². The predicted molar refractivity (Wildman–Crippen MR) is 80.6 cm³/mol.